The van der Waals surface area contributed by atoms with Crippen molar-refractivity contribution in [2.75, 3.05) is 21.9 Å². The van der Waals surface area contributed by atoms with E-state index in [0.29, 0.717) is 5.56 Å². The highest BCUT2D eigenvalue weighted by Gasteiger charge is 2.13. The minimum atomic E-state index is -0.105. The van der Waals surface area contributed by atoms with Gasteiger partial charge in [0.25, 0.3) is 5.91 Å². The van der Waals surface area contributed by atoms with Gasteiger partial charge in [0.05, 0.1) is 16.9 Å². The molecule has 1 aliphatic rings. The van der Waals surface area contributed by atoms with Gasteiger partial charge in [-0.15, -0.1) is 0 Å². The van der Waals surface area contributed by atoms with Crippen LogP contribution in [-0.4, -0.2) is 28.2 Å². The zero-order valence-electron chi connectivity index (χ0n) is 29.0. The molecular formula is C43H46N4OS. The second-order valence-electron chi connectivity index (χ2n) is 12.2. The minimum absolute atomic E-state index is 0.105. The summed E-state index contributed by atoms with van der Waals surface area (Å²) in [6.45, 7) is 9.48. The van der Waals surface area contributed by atoms with E-state index in [1.54, 1.807) is 0 Å². The van der Waals surface area contributed by atoms with Crippen LogP contribution in [0.1, 0.15) is 61.0 Å². The van der Waals surface area contributed by atoms with E-state index in [1.165, 1.54) is 42.5 Å². The van der Waals surface area contributed by atoms with Crippen LogP contribution in [0, 0.1) is 13.8 Å². The van der Waals surface area contributed by atoms with Crippen LogP contribution >= 0.6 is 11.9 Å². The summed E-state index contributed by atoms with van der Waals surface area (Å²) in [7, 11) is 0. The molecule has 0 spiro atoms. The van der Waals surface area contributed by atoms with Crippen molar-refractivity contribution < 1.29 is 4.79 Å². The Morgan fingerprint density at radius 3 is 2.24 bits per heavy atom. The number of fused-ring (bicyclic) bond motifs is 1. The number of anilines is 2. The Morgan fingerprint density at radius 1 is 0.735 bits per heavy atom. The first-order chi connectivity index (χ1) is 24.0. The molecule has 1 saturated heterocycles. The summed E-state index contributed by atoms with van der Waals surface area (Å²) in [6.07, 6.45) is 6.85. The molecular weight excluding hydrogens is 621 g/mol. The van der Waals surface area contributed by atoms with Gasteiger partial charge in [-0.2, -0.15) is 0 Å². The summed E-state index contributed by atoms with van der Waals surface area (Å²) in [5, 5.41) is 4.17. The number of hydrogen-bond donors (Lipinski definition) is 1. The van der Waals surface area contributed by atoms with Gasteiger partial charge in [-0.3, -0.25) is 9.78 Å². The predicted octanol–water partition coefficient (Wildman–Crippen LogP) is 11.6. The topological polar surface area (TPSA) is 58.1 Å². The SMILES string of the molecule is CCC.Cc1ccc(NC(=O)c2ccc(N3CCCCCS3)cc2)cc1-c1ccc2ccccc2n1.Cc1ccccc1-c1ccccn1. The molecule has 0 unspecified atom stereocenters. The quantitative estimate of drug-likeness (QED) is 0.186. The van der Waals surface area contributed by atoms with Crippen molar-refractivity contribution in [3.8, 4) is 22.5 Å². The first-order valence-electron chi connectivity index (χ1n) is 17.2. The van der Waals surface area contributed by atoms with E-state index in [-0.39, 0.29) is 5.91 Å². The lowest BCUT2D eigenvalue weighted by Crippen LogP contribution is -2.15. The number of hydrogen-bond acceptors (Lipinski definition) is 5. The van der Waals surface area contributed by atoms with Gasteiger partial charge < -0.3 is 9.62 Å². The Labute approximate surface area is 296 Å². The van der Waals surface area contributed by atoms with E-state index in [0.717, 1.165) is 51.4 Å². The molecule has 6 aromatic rings. The third-order valence-electron chi connectivity index (χ3n) is 8.13. The van der Waals surface area contributed by atoms with Crippen LogP contribution in [0.2, 0.25) is 0 Å². The highest BCUT2D eigenvalue weighted by atomic mass is 32.2. The van der Waals surface area contributed by atoms with Crippen molar-refractivity contribution in [3.63, 3.8) is 0 Å². The second-order valence-corrected chi connectivity index (χ2v) is 13.3. The molecule has 0 bridgehead atoms. The van der Waals surface area contributed by atoms with Crippen molar-refractivity contribution in [2.45, 2.75) is 53.4 Å². The smallest absolute Gasteiger partial charge is 0.255 e. The largest absolute Gasteiger partial charge is 0.322 e. The number of nitrogens with zero attached hydrogens (tertiary/aromatic N) is 3. The molecule has 0 aliphatic carbocycles. The Hall–Kier alpha value is -4.94. The summed E-state index contributed by atoms with van der Waals surface area (Å²) >= 11 is 1.88. The number of para-hydroxylation sites is 1. The molecule has 3 heterocycles. The average molecular weight is 667 g/mol. The number of amides is 1. The van der Waals surface area contributed by atoms with Crippen molar-refractivity contribution >= 4 is 40.1 Å². The molecule has 5 nitrogen and oxygen atoms in total. The predicted molar refractivity (Wildman–Crippen MR) is 210 cm³/mol. The van der Waals surface area contributed by atoms with Crippen LogP contribution in [0.5, 0.6) is 0 Å². The molecule has 0 atom stereocenters. The molecule has 0 radical (unpaired) electrons. The Bertz CT molecular complexity index is 1930. The molecule has 0 saturated carbocycles. The van der Waals surface area contributed by atoms with Gasteiger partial charge >= 0.3 is 0 Å². The fraction of sp³-hybridized carbons (Fsp3) is 0.233. The Morgan fingerprint density at radius 2 is 1.47 bits per heavy atom. The van der Waals surface area contributed by atoms with Crippen LogP contribution < -0.4 is 9.62 Å². The molecule has 1 aliphatic heterocycles. The van der Waals surface area contributed by atoms with Crippen LogP contribution in [0.15, 0.2) is 128 Å². The van der Waals surface area contributed by atoms with Gasteiger partial charge in [0.15, 0.2) is 0 Å². The molecule has 1 fully saturated rings. The van der Waals surface area contributed by atoms with Crippen LogP contribution in [0.4, 0.5) is 11.4 Å². The Kier molecular flexibility index (Phi) is 13.0. The first-order valence-corrected chi connectivity index (χ1v) is 18.2. The highest BCUT2D eigenvalue weighted by molar-refractivity contribution is 8.00. The number of carbonyl (C=O) groups is 1. The third kappa shape index (κ3) is 9.80. The molecule has 7 rings (SSSR count). The van der Waals surface area contributed by atoms with Crippen molar-refractivity contribution in [1.82, 2.24) is 9.97 Å². The normalized spacial score (nSPS) is 12.5. The number of benzene rings is 4. The third-order valence-corrected chi connectivity index (χ3v) is 9.30. The van der Waals surface area contributed by atoms with Crippen LogP contribution in [0.25, 0.3) is 33.4 Å². The number of aromatic nitrogens is 2. The molecule has 1 amide bonds. The minimum Gasteiger partial charge on any atom is -0.322 e. The lowest BCUT2D eigenvalue weighted by molar-refractivity contribution is 0.102. The summed E-state index contributed by atoms with van der Waals surface area (Å²) in [6, 6.07) is 40.4. The number of pyridine rings is 2. The molecule has 4 aromatic carbocycles. The van der Waals surface area contributed by atoms with Crippen molar-refractivity contribution in [2.24, 2.45) is 0 Å². The zero-order chi connectivity index (χ0) is 34.4. The maximum absolute atomic E-state index is 12.9. The average Bonchev–Trinajstić information content (AvgIpc) is 3.43. The van der Waals surface area contributed by atoms with Gasteiger partial charge in [0, 0.05) is 51.9 Å². The maximum Gasteiger partial charge on any atom is 0.255 e. The summed E-state index contributed by atoms with van der Waals surface area (Å²) < 4.78 is 2.34. The molecule has 2 aromatic heterocycles. The van der Waals surface area contributed by atoms with Crippen LogP contribution in [-0.2, 0) is 0 Å². The van der Waals surface area contributed by atoms with Gasteiger partial charge in [-0.25, -0.2) is 4.98 Å². The van der Waals surface area contributed by atoms with E-state index in [2.05, 4.69) is 66.6 Å². The van der Waals surface area contributed by atoms with E-state index >= 15 is 0 Å². The van der Waals surface area contributed by atoms with Crippen molar-refractivity contribution in [3.05, 3.63) is 144 Å². The first kappa shape index (κ1) is 35.4. The summed E-state index contributed by atoms with van der Waals surface area (Å²) in [5.74, 6) is 1.05. The van der Waals surface area contributed by atoms with Gasteiger partial charge in [0.1, 0.15) is 0 Å². The lowest BCUT2D eigenvalue weighted by atomic mass is 10.0. The van der Waals surface area contributed by atoms with E-state index in [4.69, 9.17) is 4.98 Å². The maximum atomic E-state index is 12.9. The Balaban J connectivity index is 0.000000242. The van der Waals surface area contributed by atoms with E-state index < -0.39 is 0 Å². The second kappa shape index (κ2) is 18.0. The lowest BCUT2D eigenvalue weighted by Gasteiger charge is -2.21. The zero-order valence-corrected chi connectivity index (χ0v) is 29.8. The summed E-state index contributed by atoms with van der Waals surface area (Å²) in [5.41, 5.74) is 10.1. The van der Waals surface area contributed by atoms with Gasteiger partial charge in [-0.05, 0) is 110 Å². The van der Waals surface area contributed by atoms with E-state index in [1.807, 2.05) is 115 Å². The molecule has 250 valence electrons. The fourth-order valence-corrected chi connectivity index (χ4v) is 6.62. The number of nitrogens with one attached hydrogen (secondary N) is 1. The molecule has 6 heteroatoms. The molecule has 49 heavy (non-hydrogen) atoms. The van der Waals surface area contributed by atoms with Gasteiger partial charge in [-0.1, -0.05) is 87.4 Å². The number of aryl methyl sites for hydroxylation is 2. The highest BCUT2D eigenvalue weighted by Crippen LogP contribution is 2.29. The number of carbonyl (C=O) groups excluding carboxylic acids is 1. The van der Waals surface area contributed by atoms with Crippen LogP contribution in [0.3, 0.4) is 0 Å². The van der Waals surface area contributed by atoms with Gasteiger partial charge in [0.2, 0.25) is 0 Å². The van der Waals surface area contributed by atoms with Crippen molar-refractivity contribution in [1.29, 1.82) is 0 Å². The fourth-order valence-electron chi connectivity index (χ4n) is 5.53. The summed E-state index contributed by atoms with van der Waals surface area (Å²) in [4.78, 5) is 22.1. The number of rotatable bonds is 5. The monoisotopic (exact) mass is 666 g/mol. The van der Waals surface area contributed by atoms with E-state index in [9.17, 15) is 4.79 Å². The molecule has 1 N–H and O–H groups in total. The standard InChI is InChI=1S/C28H27N3OS.C12H11N.C3H8/c1-20-9-13-23(19-25(20)27-16-12-21-7-3-4-8-26(21)30-27)29-28(32)22-10-14-24(15-11-22)31-17-5-2-6-18-33-31;1-10-6-2-3-7-11(10)12-8-4-5-9-13-12;1-3-2/h3-4,7-16,19H,2,5-6,17-18H2,1H3,(H,29,32);2-9H,1H3;3H2,1-2H3.